The highest BCUT2D eigenvalue weighted by molar-refractivity contribution is 6.03. The fourth-order valence-corrected chi connectivity index (χ4v) is 6.41. The predicted octanol–water partition coefficient (Wildman–Crippen LogP) is 9.04. The third-order valence-corrected chi connectivity index (χ3v) is 8.68. The Balaban J connectivity index is 1.71. The van der Waals surface area contributed by atoms with Gasteiger partial charge in [-0.2, -0.15) is 0 Å². The summed E-state index contributed by atoms with van der Waals surface area (Å²) in [7, 11) is 3.48. The van der Waals surface area contributed by atoms with Gasteiger partial charge in [-0.15, -0.1) is 0 Å². The molecule has 5 aromatic rings. The lowest BCUT2D eigenvalue weighted by molar-refractivity contribution is 0.170. The number of rotatable bonds is 9. The van der Waals surface area contributed by atoms with Crippen molar-refractivity contribution in [2.24, 2.45) is 5.92 Å². The van der Waals surface area contributed by atoms with Gasteiger partial charge in [0.05, 0.1) is 32.3 Å². The van der Waals surface area contributed by atoms with Crippen LogP contribution in [0.15, 0.2) is 97.1 Å². The van der Waals surface area contributed by atoms with E-state index in [0.29, 0.717) is 12.5 Å². The van der Waals surface area contributed by atoms with Gasteiger partial charge in [0.2, 0.25) is 0 Å². The van der Waals surface area contributed by atoms with Crippen LogP contribution in [0.4, 0.5) is 0 Å². The molecule has 0 saturated carbocycles. The highest BCUT2D eigenvalue weighted by Gasteiger charge is 2.48. The minimum Gasteiger partial charge on any atom is -0.496 e. The second-order valence-corrected chi connectivity index (χ2v) is 11.2. The number of methoxy groups -OCH3 is 2. The van der Waals surface area contributed by atoms with E-state index in [1.54, 1.807) is 14.2 Å². The summed E-state index contributed by atoms with van der Waals surface area (Å²) >= 11 is 0. The molecule has 5 aromatic carbocycles. The molecule has 1 aliphatic carbocycles. The average molecular weight is 559 g/mol. The second kappa shape index (κ2) is 11.1. The summed E-state index contributed by atoms with van der Waals surface area (Å²) in [6.07, 6.45) is 0.115. The SMILES string of the molecule is CCOc1ccc(C2(c3ccc(OC(C)C(C)C)cc3)c3cccc(OC)c3-c3ccc4c(OC)cccc4c32)cc1. The van der Waals surface area contributed by atoms with Gasteiger partial charge in [-0.05, 0) is 89.4 Å². The predicted molar refractivity (Wildman–Crippen MR) is 170 cm³/mol. The van der Waals surface area contributed by atoms with E-state index in [4.69, 9.17) is 18.9 Å². The number of hydrogen-bond acceptors (Lipinski definition) is 4. The van der Waals surface area contributed by atoms with E-state index in [9.17, 15) is 0 Å². The molecule has 6 rings (SSSR count). The molecule has 1 aliphatic rings. The average Bonchev–Trinajstić information content (AvgIpc) is 3.33. The van der Waals surface area contributed by atoms with Gasteiger partial charge < -0.3 is 18.9 Å². The van der Waals surface area contributed by atoms with Crippen LogP contribution >= 0.6 is 0 Å². The van der Waals surface area contributed by atoms with E-state index >= 15 is 0 Å². The molecule has 0 bridgehead atoms. The molecule has 2 atom stereocenters. The standard InChI is InChI=1S/C38H38O4/c1-7-41-28-18-14-26(15-19-28)38(27-16-20-29(21-17-27)42-25(4)24(2)3)33-11-9-13-35(40-6)36(33)32-23-22-30-31(37(32)38)10-8-12-34(30)39-5/h8-25H,7H2,1-6H3. The minimum atomic E-state index is -0.627. The van der Waals surface area contributed by atoms with Gasteiger partial charge in [0, 0.05) is 10.9 Å². The van der Waals surface area contributed by atoms with Gasteiger partial charge in [-0.1, -0.05) is 74.5 Å². The van der Waals surface area contributed by atoms with Gasteiger partial charge >= 0.3 is 0 Å². The summed E-state index contributed by atoms with van der Waals surface area (Å²) in [5.74, 6) is 3.85. The molecule has 0 spiro atoms. The van der Waals surface area contributed by atoms with Gasteiger partial charge in [-0.25, -0.2) is 0 Å². The molecule has 214 valence electrons. The quantitative estimate of drug-likeness (QED) is 0.177. The maximum Gasteiger partial charge on any atom is 0.127 e. The Hall–Kier alpha value is -4.44. The summed E-state index contributed by atoms with van der Waals surface area (Å²) in [6, 6.07) is 34.3. The fraction of sp³-hybridized carbons (Fsp3) is 0.263. The monoisotopic (exact) mass is 558 g/mol. The molecular weight excluding hydrogens is 520 g/mol. The Labute approximate surface area is 248 Å². The Bertz CT molecular complexity index is 1720. The Morgan fingerprint density at radius 1 is 0.643 bits per heavy atom. The summed E-state index contributed by atoms with van der Waals surface area (Å²) in [5.41, 5.74) is 6.34. The zero-order valence-corrected chi connectivity index (χ0v) is 25.2. The van der Waals surface area contributed by atoms with Gasteiger partial charge in [0.1, 0.15) is 23.0 Å². The van der Waals surface area contributed by atoms with E-state index in [1.165, 1.54) is 11.1 Å². The number of ether oxygens (including phenoxy) is 4. The molecular formula is C38H38O4. The van der Waals surface area contributed by atoms with Crippen LogP contribution in [0.2, 0.25) is 0 Å². The van der Waals surface area contributed by atoms with Crippen LogP contribution in [-0.2, 0) is 5.41 Å². The molecule has 4 nitrogen and oxygen atoms in total. The molecule has 0 fully saturated rings. The molecule has 0 radical (unpaired) electrons. The third-order valence-electron chi connectivity index (χ3n) is 8.68. The molecule has 4 heteroatoms. The number of hydrogen-bond donors (Lipinski definition) is 0. The van der Waals surface area contributed by atoms with Gasteiger partial charge in [0.25, 0.3) is 0 Å². The summed E-state index contributed by atoms with van der Waals surface area (Å²) in [6.45, 7) is 9.11. The van der Waals surface area contributed by atoms with Crippen LogP contribution in [0, 0.1) is 5.92 Å². The van der Waals surface area contributed by atoms with Crippen molar-refractivity contribution in [3.8, 4) is 34.1 Å². The molecule has 0 saturated heterocycles. The minimum absolute atomic E-state index is 0.115. The second-order valence-electron chi connectivity index (χ2n) is 11.2. The molecule has 0 aliphatic heterocycles. The molecule has 0 aromatic heterocycles. The molecule has 0 N–H and O–H groups in total. The van der Waals surface area contributed by atoms with Crippen LogP contribution in [0.3, 0.4) is 0 Å². The molecule has 0 amide bonds. The first kappa shape index (κ1) is 27.7. The summed E-state index contributed by atoms with van der Waals surface area (Å²) < 4.78 is 24.0. The lowest BCUT2D eigenvalue weighted by Crippen LogP contribution is -2.29. The van der Waals surface area contributed by atoms with Crippen molar-refractivity contribution in [2.45, 2.75) is 39.2 Å². The van der Waals surface area contributed by atoms with Crippen molar-refractivity contribution in [1.82, 2.24) is 0 Å². The topological polar surface area (TPSA) is 36.9 Å². The first-order valence-electron chi connectivity index (χ1n) is 14.7. The normalized spacial score (nSPS) is 16.2. The van der Waals surface area contributed by atoms with E-state index in [-0.39, 0.29) is 6.10 Å². The molecule has 2 unspecified atom stereocenters. The highest BCUT2D eigenvalue weighted by atomic mass is 16.5. The van der Waals surface area contributed by atoms with Crippen LogP contribution in [0.25, 0.3) is 21.9 Å². The maximum absolute atomic E-state index is 6.30. The van der Waals surface area contributed by atoms with Crippen molar-refractivity contribution >= 4 is 10.8 Å². The zero-order valence-electron chi connectivity index (χ0n) is 25.2. The van der Waals surface area contributed by atoms with E-state index in [1.807, 2.05) is 13.0 Å². The van der Waals surface area contributed by atoms with Crippen LogP contribution in [0.1, 0.15) is 49.9 Å². The zero-order chi connectivity index (χ0) is 29.4. The van der Waals surface area contributed by atoms with E-state index in [2.05, 4.69) is 112 Å². The Morgan fingerprint density at radius 2 is 1.26 bits per heavy atom. The van der Waals surface area contributed by atoms with Gasteiger partial charge in [0.15, 0.2) is 0 Å². The van der Waals surface area contributed by atoms with Crippen molar-refractivity contribution < 1.29 is 18.9 Å². The molecule has 42 heavy (non-hydrogen) atoms. The number of benzene rings is 5. The lowest BCUT2D eigenvalue weighted by Gasteiger charge is -2.35. The Morgan fingerprint density at radius 3 is 1.88 bits per heavy atom. The largest absolute Gasteiger partial charge is 0.496 e. The summed E-state index contributed by atoms with van der Waals surface area (Å²) in [4.78, 5) is 0. The number of fused-ring (bicyclic) bond motifs is 5. The van der Waals surface area contributed by atoms with E-state index < -0.39 is 5.41 Å². The van der Waals surface area contributed by atoms with Crippen molar-refractivity contribution in [3.63, 3.8) is 0 Å². The van der Waals surface area contributed by atoms with Crippen LogP contribution < -0.4 is 18.9 Å². The van der Waals surface area contributed by atoms with Crippen molar-refractivity contribution in [3.05, 3.63) is 119 Å². The molecule has 0 heterocycles. The van der Waals surface area contributed by atoms with E-state index in [0.717, 1.165) is 56.0 Å². The van der Waals surface area contributed by atoms with Crippen LogP contribution in [-0.4, -0.2) is 26.9 Å². The van der Waals surface area contributed by atoms with Gasteiger partial charge in [-0.3, -0.25) is 0 Å². The smallest absolute Gasteiger partial charge is 0.127 e. The highest BCUT2D eigenvalue weighted by Crippen LogP contribution is 2.60. The van der Waals surface area contributed by atoms with Crippen molar-refractivity contribution in [2.75, 3.05) is 20.8 Å². The first-order valence-corrected chi connectivity index (χ1v) is 14.7. The Kier molecular flexibility index (Phi) is 7.32. The maximum atomic E-state index is 6.30. The third kappa shape index (κ3) is 4.28. The first-order chi connectivity index (χ1) is 20.4. The fourth-order valence-electron chi connectivity index (χ4n) is 6.41. The van der Waals surface area contributed by atoms with Crippen LogP contribution in [0.5, 0.6) is 23.0 Å². The lowest BCUT2D eigenvalue weighted by atomic mass is 9.66. The summed E-state index contributed by atoms with van der Waals surface area (Å²) in [5, 5.41) is 2.22. The van der Waals surface area contributed by atoms with Crippen molar-refractivity contribution in [1.29, 1.82) is 0 Å².